The molecule has 2 aromatic heterocycles. The van der Waals surface area contributed by atoms with E-state index in [1.165, 1.54) is 0 Å². The molecule has 0 aliphatic rings. The molecule has 1 aromatic carbocycles. The molecule has 2 heterocycles. The summed E-state index contributed by atoms with van der Waals surface area (Å²) in [6.07, 6.45) is 0. The normalized spacial score (nSPS) is 10.8. The number of anilines is 1. The van der Waals surface area contributed by atoms with Crippen molar-refractivity contribution in [3.8, 4) is 23.0 Å². The first-order valence-electron chi connectivity index (χ1n) is 5.34. The molecule has 0 unspecified atom stereocenters. The maximum Gasteiger partial charge on any atom is 0.284 e. The van der Waals surface area contributed by atoms with E-state index in [4.69, 9.17) is 10.3 Å². The standard InChI is InChI=1S/C11H8BrN5O2/c1-5-2-3-6(4-7(5)12)10-14-11(18-17-10)8-9(13)16-19-15-8/h2-4H,1H3,(H2,13,16). The van der Waals surface area contributed by atoms with Crippen molar-refractivity contribution in [2.45, 2.75) is 6.92 Å². The van der Waals surface area contributed by atoms with Crippen LogP contribution in [0.4, 0.5) is 5.82 Å². The Morgan fingerprint density at radius 1 is 1.21 bits per heavy atom. The lowest BCUT2D eigenvalue weighted by molar-refractivity contribution is 0.308. The summed E-state index contributed by atoms with van der Waals surface area (Å²) in [4.78, 5) is 4.21. The number of hydrogen-bond acceptors (Lipinski definition) is 7. The van der Waals surface area contributed by atoms with E-state index in [1.807, 2.05) is 25.1 Å². The fraction of sp³-hybridized carbons (Fsp3) is 0.0909. The molecule has 0 aliphatic heterocycles. The first-order valence-corrected chi connectivity index (χ1v) is 6.13. The fourth-order valence-electron chi connectivity index (χ4n) is 1.51. The molecule has 8 heteroatoms. The van der Waals surface area contributed by atoms with Crippen LogP contribution in [0.5, 0.6) is 0 Å². The summed E-state index contributed by atoms with van der Waals surface area (Å²) < 4.78 is 10.6. The average Bonchev–Trinajstić information content (AvgIpc) is 3.01. The van der Waals surface area contributed by atoms with Crippen LogP contribution in [0, 0.1) is 6.92 Å². The van der Waals surface area contributed by atoms with Crippen molar-refractivity contribution in [1.29, 1.82) is 0 Å². The van der Waals surface area contributed by atoms with E-state index in [9.17, 15) is 0 Å². The molecule has 0 aliphatic carbocycles. The van der Waals surface area contributed by atoms with E-state index in [1.54, 1.807) is 0 Å². The van der Waals surface area contributed by atoms with Crippen LogP contribution in [0.25, 0.3) is 23.0 Å². The third kappa shape index (κ3) is 2.10. The van der Waals surface area contributed by atoms with Crippen molar-refractivity contribution < 1.29 is 9.15 Å². The molecular weight excluding hydrogens is 314 g/mol. The zero-order valence-corrected chi connectivity index (χ0v) is 11.4. The predicted octanol–water partition coefficient (Wildman–Crippen LogP) is 2.44. The van der Waals surface area contributed by atoms with Gasteiger partial charge < -0.3 is 10.3 Å². The van der Waals surface area contributed by atoms with E-state index in [2.05, 4.69) is 41.0 Å². The fourth-order valence-corrected chi connectivity index (χ4v) is 1.89. The second-order valence-corrected chi connectivity index (χ2v) is 4.74. The Morgan fingerprint density at radius 2 is 2.05 bits per heavy atom. The van der Waals surface area contributed by atoms with Crippen molar-refractivity contribution in [2.75, 3.05) is 5.73 Å². The van der Waals surface area contributed by atoms with Gasteiger partial charge in [0.2, 0.25) is 17.3 Å². The van der Waals surface area contributed by atoms with Crippen LogP contribution in [-0.4, -0.2) is 20.5 Å². The third-order valence-electron chi connectivity index (χ3n) is 2.57. The number of rotatable bonds is 2. The Balaban J connectivity index is 2.01. The molecule has 96 valence electrons. The lowest BCUT2D eigenvalue weighted by Crippen LogP contribution is -1.88. The molecule has 0 spiro atoms. The van der Waals surface area contributed by atoms with E-state index in [-0.39, 0.29) is 17.4 Å². The number of hydrogen-bond donors (Lipinski definition) is 1. The van der Waals surface area contributed by atoms with E-state index < -0.39 is 0 Å². The second-order valence-electron chi connectivity index (χ2n) is 3.89. The van der Waals surface area contributed by atoms with Gasteiger partial charge in [-0.1, -0.05) is 33.2 Å². The largest absolute Gasteiger partial charge is 0.379 e. The number of nitrogens with zero attached hydrogens (tertiary/aromatic N) is 4. The lowest BCUT2D eigenvalue weighted by atomic mass is 10.1. The third-order valence-corrected chi connectivity index (χ3v) is 3.43. The lowest BCUT2D eigenvalue weighted by Gasteiger charge is -1.99. The summed E-state index contributed by atoms with van der Waals surface area (Å²) in [5.41, 5.74) is 7.75. The summed E-state index contributed by atoms with van der Waals surface area (Å²) in [7, 11) is 0. The van der Waals surface area contributed by atoms with Gasteiger partial charge in [-0.2, -0.15) is 4.98 Å². The summed E-state index contributed by atoms with van der Waals surface area (Å²) in [6.45, 7) is 2.00. The molecule has 0 saturated carbocycles. The highest BCUT2D eigenvalue weighted by molar-refractivity contribution is 9.10. The zero-order chi connectivity index (χ0) is 13.4. The number of aryl methyl sites for hydroxylation is 1. The van der Waals surface area contributed by atoms with Gasteiger partial charge in [-0.3, -0.25) is 0 Å². The number of nitrogen functional groups attached to an aromatic ring is 1. The maximum absolute atomic E-state index is 5.56. The molecule has 0 bridgehead atoms. The van der Waals surface area contributed by atoms with Crippen molar-refractivity contribution in [2.24, 2.45) is 0 Å². The zero-order valence-electron chi connectivity index (χ0n) is 9.79. The Hall–Kier alpha value is -2.22. The number of aromatic nitrogens is 4. The Labute approximate surface area is 115 Å². The van der Waals surface area contributed by atoms with Crippen LogP contribution in [0.2, 0.25) is 0 Å². The quantitative estimate of drug-likeness (QED) is 0.772. The summed E-state index contributed by atoms with van der Waals surface area (Å²) >= 11 is 3.46. The minimum atomic E-state index is 0.111. The Bertz CT molecular complexity index is 736. The predicted molar refractivity (Wildman–Crippen MR) is 69.9 cm³/mol. The molecule has 0 saturated heterocycles. The van der Waals surface area contributed by atoms with Gasteiger partial charge in [0.1, 0.15) is 0 Å². The molecule has 2 N–H and O–H groups in total. The van der Waals surface area contributed by atoms with Crippen molar-refractivity contribution >= 4 is 21.7 Å². The summed E-state index contributed by atoms with van der Waals surface area (Å²) in [5, 5.41) is 10.9. The van der Waals surface area contributed by atoms with Gasteiger partial charge in [-0.05, 0) is 28.9 Å². The van der Waals surface area contributed by atoms with Crippen LogP contribution < -0.4 is 5.73 Å². The molecule has 19 heavy (non-hydrogen) atoms. The number of halogens is 1. The highest BCUT2D eigenvalue weighted by Crippen LogP contribution is 2.26. The topological polar surface area (TPSA) is 104 Å². The van der Waals surface area contributed by atoms with Gasteiger partial charge >= 0.3 is 0 Å². The highest BCUT2D eigenvalue weighted by atomic mass is 79.9. The van der Waals surface area contributed by atoms with E-state index in [0.717, 1.165) is 15.6 Å². The average molecular weight is 322 g/mol. The smallest absolute Gasteiger partial charge is 0.284 e. The number of benzene rings is 1. The minimum absolute atomic E-state index is 0.111. The molecule has 0 atom stereocenters. The van der Waals surface area contributed by atoms with Gasteiger partial charge in [-0.25, -0.2) is 4.63 Å². The van der Waals surface area contributed by atoms with Gasteiger partial charge in [-0.15, -0.1) is 0 Å². The van der Waals surface area contributed by atoms with Crippen LogP contribution >= 0.6 is 15.9 Å². The van der Waals surface area contributed by atoms with Gasteiger partial charge in [0, 0.05) is 10.0 Å². The van der Waals surface area contributed by atoms with Crippen molar-refractivity contribution in [3.05, 3.63) is 28.2 Å². The molecule has 7 nitrogen and oxygen atoms in total. The van der Waals surface area contributed by atoms with Crippen molar-refractivity contribution in [3.63, 3.8) is 0 Å². The molecular formula is C11H8BrN5O2. The minimum Gasteiger partial charge on any atom is -0.379 e. The highest BCUT2D eigenvalue weighted by Gasteiger charge is 2.17. The first-order chi connectivity index (χ1) is 9.15. The van der Waals surface area contributed by atoms with Gasteiger partial charge in [0.15, 0.2) is 0 Å². The summed E-state index contributed by atoms with van der Waals surface area (Å²) in [5.74, 6) is 0.726. The van der Waals surface area contributed by atoms with Crippen LogP contribution in [-0.2, 0) is 0 Å². The SMILES string of the molecule is Cc1ccc(-c2noc(-c3nonc3N)n2)cc1Br. The van der Waals surface area contributed by atoms with Gasteiger partial charge in [0.05, 0.1) is 0 Å². The van der Waals surface area contributed by atoms with Crippen LogP contribution in [0.15, 0.2) is 31.8 Å². The Kier molecular flexibility index (Phi) is 2.79. The second kappa shape index (κ2) is 4.47. The first kappa shape index (κ1) is 11.8. The van der Waals surface area contributed by atoms with E-state index >= 15 is 0 Å². The van der Waals surface area contributed by atoms with Crippen LogP contribution in [0.3, 0.4) is 0 Å². The monoisotopic (exact) mass is 321 g/mol. The molecule has 0 amide bonds. The number of nitrogens with two attached hydrogens (primary N) is 1. The molecule has 0 fully saturated rings. The molecule has 3 rings (SSSR count). The van der Waals surface area contributed by atoms with Gasteiger partial charge in [0.25, 0.3) is 5.89 Å². The summed E-state index contributed by atoms with van der Waals surface area (Å²) in [6, 6.07) is 5.77. The Morgan fingerprint density at radius 3 is 2.74 bits per heavy atom. The van der Waals surface area contributed by atoms with Crippen LogP contribution in [0.1, 0.15) is 5.56 Å². The molecule has 0 radical (unpaired) electrons. The maximum atomic E-state index is 5.56. The molecule has 3 aromatic rings. The van der Waals surface area contributed by atoms with Crippen molar-refractivity contribution in [1.82, 2.24) is 20.5 Å². The van der Waals surface area contributed by atoms with E-state index in [0.29, 0.717) is 5.82 Å².